The van der Waals surface area contributed by atoms with E-state index in [1.165, 1.54) is 16.7 Å². The second kappa shape index (κ2) is 10.5. The number of nitrogens with two attached hydrogens (primary N) is 1. The maximum absolute atomic E-state index is 12.7. The Morgan fingerprint density at radius 2 is 2.08 bits per heavy atom. The van der Waals surface area contributed by atoms with E-state index in [1.54, 1.807) is 14.0 Å². The van der Waals surface area contributed by atoms with Crippen LogP contribution >= 0.6 is 11.8 Å². The van der Waals surface area contributed by atoms with Crippen LogP contribution in [-0.2, 0) is 26.3 Å². The molecule has 2 fully saturated rings. The molecule has 5 N–H and O–H groups in total. The van der Waals surface area contributed by atoms with E-state index in [4.69, 9.17) is 9.88 Å². The number of methoxy groups -OCH3 is 1. The van der Waals surface area contributed by atoms with Crippen molar-refractivity contribution in [1.29, 1.82) is 0 Å². The number of aliphatic carboxylic acids is 1. The first-order valence-corrected chi connectivity index (χ1v) is 14.6. The second-order valence-corrected chi connectivity index (χ2v) is 12.7. The van der Waals surface area contributed by atoms with Gasteiger partial charge in [0.1, 0.15) is 11.4 Å². The van der Waals surface area contributed by atoms with E-state index in [1.807, 2.05) is 32.0 Å². The summed E-state index contributed by atoms with van der Waals surface area (Å²) >= 11 is 1.43. The van der Waals surface area contributed by atoms with Gasteiger partial charge in [-0.1, -0.05) is 19.1 Å². The number of carbonyl (C=O) groups is 2. The summed E-state index contributed by atoms with van der Waals surface area (Å²) in [6, 6.07) is 5.21. The van der Waals surface area contributed by atoms with Gasteiger partial charge in [0, 0.05) is 47.3 Å². The van der Waals surface area contributed by atoms with Crippen LogP contribution in [0.15, 0.2) is 28.8 Å². The smallest absolute Gasteiger partial charge is 0.353 e. The molecule has 37 heavy (non-hydrogen) atoms. The quantitative estimate of drug-likeness (QED) is 0.304. The minimum atomic E-state index is -3.89. The number of carboxylic acids is 1. The Morgan fingerprint density at radius 3 is 2.68 bits per heavy atom. The number of carboxylic acid groups (broad SMARTS) is 1. The molecule has 0 spiro atoms. The molecule has 11 nitrogen and oxygen atoms in total. The van der Waals surface area contributed by atoms with Crippen LogP contribution in [0.2, 0.25) is 0 Å². The zero-order valence-electron chi connectivity index (χ0n) is 21.2. The second-order valence-electron chi connectivity index (χ2n) is 9.98. The summed E-state index contributed by atoms with van der Waals surface area (Å²) in [5, 5.41) is 25.2. The largest absolute Gasteiger partial charge is 0.496 e. The molecule has 0 aliphatic carbocycles. The molecular formula is C24H34N4O7S2. The van der Waals surface area contributed by atoms with Gasteiger partial charge in [-0.05, 0) is 31.9 Å². The third-order valence-corrected chi connectivity index (χ3v) is 9.63. The molecule has 1 aromatic carbocycles. The standard InChI is InChI=1S/C24H34N4O7S2/c1-12-6-5-7-18(35-4)17(12)11-27-10-16(8-15(27)9-26-37(25,33)34)36-22-13(2)20-19(14(3)29)23(30)28(20)21(22)24(31)32/h5-7,13-16,19-20,26,29H,8-11H2,1-4H3,(H,31,32)(H2,25,33,34)/t13-,14-,15+,16+,19-,20-/m1/s1. The molecule has 0 aromatic heterocycles. The fourth-order valence-electron chi connectivity index (χ4n) is 5.77. The van der Waals surface area contributed by atoms with Gasteiger partial charge in [-0.25, -0.2) is 14.7 Å². The number of rotatable bonds is 10. The molecule has 0 unspecified atom stereocenters. The van der Waals surface area contributed by atoms with Gasteiger partial charge in [0.25, 0.3) is 10.2 Å². The number of aliphatic hydroxyl groups is 1. The molecule has 13 heteroatoms. The molecule has 3 aliphatic rings. The van der Waals surface area contributed by atoms with Crippen molar-refractivity contribution in [2.45, 2.75) is 57.2 Å². The lowest BCUT2D eigenvalue weighted by atomic mass is 9.79. The highest BCUT2D eigenvalue weighted by molar-refractivity contribution is 8.03. The number of β-lactam (4-membered cyclic amide) rings is 1. The predicted octanol–water partition coefficient (Wildman–Crippen LogP) is 0.627. The summed E-state index contributed by atoms with van der Waals surface area (Å²) in [5.74, 6) is -1.65. The summed E-state index contributed by atoms with van der Waals surface area (Å²) in [6.07, 6.45) is -0.279. The topological polar surface area (TPSA) is 162 Å². The highest BCUT2D eigenvalue weighted by atomic mass is 32.2. The van der Waals surface area contributed by atoms with Gasteiger partial charge < -0.3 is 19.8 Å². The number of ether oxygens (including phenoxy) is 1. The molecule has 6 atom stereocenters. The fraction of sp³-hybridized carbons (Fsp3) is 0.583. The average Bonchev–Trinajstić information content (AvgIpc) is 3.29. The number of fused-ring (bicyclic) bond motifs is 1. The minimum Gasteiger partial charge on any atom is -0.496 e. The number of carbonyl (C=O) groups excluding carboxylic acids is 1. The van der Waals surface area contributed by atoms with Crippen molar-refractivity contribution in [3.63, 3.8) is 0 Å². The third-order valence-electron chi connectivity index (χ3n) is 7.56. The molecule has 1 aromatic rings. The van der Waals surface area contributed by atoms with Crippen molar-refractivity contribution in [2.24, 2.45) is 17.0 Å². The normalized spacial score (nSPS) is 28.9. The Balaban J connectivity index is 1.59. The van der Waals surface area contributed by atoms with Crippen molar-refractivity contribution in [3.05, 3.63) is 39.9 Å². The number of nitrogens with one attached hydrogen (secondary N) is 1. The monoisotopic (exact) mass is 554 g/mol. The van der Waals surface area contributed by atoms with E-state index in [-0.39, 0.29) is 41.4 Å². The maximum atomic E-state index is 12.7. The summed E-state index contributed by atoms with van der Waals surface area (Å²) < 4.78 is 31.2. The van der Waals surface area contributed by atoms with Crippen LogP contribution in [-0.4, -0.2) is 83.9 Å². The number of aliphatic hydroxyl groups excluding tert-OH is 1. The number of aryl methyl sites for hydroxylation is 1. The fourth-order valence-corrected chi connectivity index (χ4v) is 7.79. The number of nitrogens with zero attached hydrogens (tertiary/aromatic N) is 2. The van der Waals surface area contributed by atoms with Gasteiger partial charge in [0.15, 0.2) is 0 Å². The number of hydrogen-bond donors (Lipinski definition) is 4. The van der Waals surface area contributed by atoms with E-state index < -0.39 is 28.2 Å². The van der Waals surface area contributed by atoms with E-state index in [2.05, 4.69) is 9.62 Å². The molecule has 0 bridgehead atoms. The van der Waals surface area contributed by atoms with Gasteiger partial charge in [0.05, 0.1) is 25.2 Å². The lowest BCUT2D eigenvalue weighted by Gasteiger charge is -2.46. The maximum Gasteiger partial charge on any atom is 0.353 e. The Kier molecular flexibility index (Phi) is 7.94. The third kappa shape index (κ3) is 5.38. The van der Waals surface area contributed by atoms with Gasteiger partial charge in [-0.3, -0.25) is 9.69 Å². The summed E-state index contributed by atoms with van der Waals surface area (Å²) in [5.41, 5.74) is 2.02. The number of likely N-dealkylation sites (tertiary alicyclic amines) is 1. The van der Waals surface area contributed by atoms with Crippen LogP contribution in [0.25, 0.3) is 0 Å². The first kappa shape index (κ1) is 27.9. The molecule has 2 saturated heterocycles. The van der Waals surface area contributed by atoms with Crippen molar-refractivity contribution >= 4 is 33.8 Å². The van der Waals surface area contributed by atoms with Crippen LogP contribution in [0.4, 0.5) is 0 Å². The molecule has 4 rings (SSSR count). The van der Waals surface area contributed by atoms with Gasteiger partial charge in [0.2, 0.25) is 5.91 Å². The lowest BCUT2D eigenvalue weighted by molar-refractivity contribution is -0.163. The van der Waals surface area contributed by atoms with Crippen molar-refractivity contribution in [1.82, 2.24) is 14.5 Å². The summed E-state index contributed by atoms with van der Waals surface area (Å²) in [4.78, 5) is 28.9. The molecule has 0 saturated carbocycles. The predicted molar refractivity (Wildman–Crippen MR) is 139 cm³/mol. The highest BCUT2D eigenvalue weighted by Gasteiger charge is 2.60. The van der Waals surface area contributed by atoms with Crippen LogP contribution in [0, 0.1) is 18.8 Å². The molecular weight excluding hydrogens is 520 g/mol. The Labute approximate surface area is 221 Å². The van der Waals surface area contributed by atoms with Gasteiger partial charge >= 0.3 is 5.97 Å². The lowest BCUT2D eigenvalue weighted by Crippen LogP contribution is -2.63. The van der Waals surface area contributed by atoms with E-state index in [0.717, 1.165) is 16.9 Å². The Morgan fingerprint density at radius 1 is 1.38 bits per heavy atom. The van der Waals surface area contributed by atoms with E-state index >= 15 is 0 Å². The van der Waals surface area contributed by atoms with Gasteiger partial charge in [-0.2, -0.15) is 8.42 Å². The highest BCUT2D eigenvalue weighted by Crippen LogP contribution is 2.52. The molecule has 204 valence electrons. The molecule has 1 amide bonds. The van der Waals surface area contributed by atoms with Crippen LogP contribution in [0.5, 0.6) is 5.75 Å². The zero-order valence-corrected chi connectivity index (χ0v) is 22.9. The zero-order chi connectivity index (χ0) is 27.2. The molecule has 3 heterocycles. The Bertz CT molecular complexity index is 1220. The average molecular weight is 555 g/mol. The van der Waals surface area contributed by atoms with Gasteiger partial charge in [-0.15, -0.1) is 11.8 Å². The van der Waals surface area contributed by atoms with Crippen LogP contribution in [0.1, 0.15) is 31.4 Å². The number of hydrogen-bond acceptors (Lipinski definition) is 8. The first-order chi connectivity index (χ1) is 17.3. The van der Waals surface area contributed by atoms with Crippen molar-refractivity contribution in [3.8, 4) is 5.75 Å². The van der Waals surface area contributed by atoms with E-state index in [0.29, 0.717) is 24.4 Å². The molecule has 0 radical (unpaired) electrons. The van der Waals surface area contributed by atoms with Crippen LogP contribution in [0.3, 0.4) is 0 Å². The summed E-state index contributed by atoms with van der Waals surface area (Å²) in [6.45, 7) is 6.63. The first-order valence-electron chi connectivity index (χ1n) is 12.1. The minimum absolute atomic E-state index is 0.0114. The van der Waals surface area contributed by atoms with Crippen molar-refractivity contribution in [2.75, 3.05) is 20.2 Å². The summed E-state index contributed by atoms with van der Waals surface area (Å²) in [7, 11) is -2.28. The number of thioether (sulfide) groups is 1. The number of benzene rings is 1. The van der Waals surface area contributed by atoms with Crippen molar-refractivity contribution < 1.29 is 33.0 Å². The number of amides is 1. The Hall–Kier alpha value is -2.16. The molecule has 3 aliphatic heterocycles. The van der Waals surface area contributed by atoms with Crippen LogP contribution < -0.4 is 14.6 Å². The SMILES string of the molecule is COc1cccc(C)c1CN1C[C@@H](SC2=C(C(=O)O)N3C(=O)[C@H]([C@@H](C)O)[C@H]3[C@H]2C)C[C@H]1CNS(N)(=O)=O. The van der Waals surface area contributed by atoms with E-state index in [9.17, 15) is 28.2 Å².